The Morgan fingerprint density at radius 1 is 1.30 bits per heavy atom. The van der Waals surface area contributed by atoms with Crippen molar-refractivity contribution in [3.63, 3.8) is 0 Å². The molecule has 0 aliphatic carbocycles. The van der Waals surface area contributed by atoms with Crippen LogP contribution in [0.3, 0.4) is 0 Å². The Morgan fingerprint density at radius 3 is 2.52 bits per heavy atom. The number of amides is 1. The van der Waals surface area contributed by atoms with Crippen LogP contribution in [0.1, 0.15) is 23.2 Å². The summed E-state index contributed by atoms with van der Waals surface area (Å²) in [5, 5.41) is 11.1. The van der Waals surface area contributed by atoms with Gasteiger partial charge in [0.1, 0.15) is 5.56 Å². The van der Waals surface area contributed by atoms with Crippen LogP contribution in [0.4, 0.5) is 5.69 Å². The molecule has 1 aliphatic heterocycles. The van der Waals surface area contributed by atoms with E-state index in [0.717, 1.165) is 0 Å². The average Bonchev–Trinajstić information content (AvgIpc) is 2.70. The maximum Gasteiger partial charge on any atom is 0.345 e. The third-order valence-electron chi connectivity index (χ3n) is 4.33. The van der Waals surface area contributed by atoms with Crippen molar-refractivity contribution in [3.05, 3.63) is 33.9 Å². The maximum atomic E-state index is 12.2. The molecule has 0 radical (unpaired) electrons. The second-order valence-electron chi connectivity index (χ2n) is 5.89. The molecule has 0 unspecified atom stereocenters. The van der Waals surface area contributed by atoms with E-state index in [1.165, 1.54) is 42.0 Å². The molecule has 9 nitrogen and oxygen atoms in total. The zero-order valence-electron chi connectivity index (χ0n) is 15.0. The third kappa shape index (κ3) is 5.19. The molecule has 27 heavy (non-hydrogen) atoms. The number of methoxy groups -OCH3 is 1. The number of nitrogens with zero attached hydrogens (tertiary/aromatic N) is 2. The highest BCUT2D eigenvalue weighted by Crippen LogP contribution is 2.25. The first-order valence-corrected chi connectivity index (χ1v) is 9.45. The lowest BCUT2D eigenvalue weighted by Crippen LogP contribution is -2.42. The van der Waals surface area contributed by atoms with Gasteiger partial charge in [0.2, 0.25) is 0 Å². The molecule has 0 aromatic heterocycles. The van der Waals surface area contributed by atoms with Crippen molar-refractivity contribution in [2.45, 2.75) is 17.7 Å². The second-order valence-corrected chi connectivity index (χ2v) is 6.77. The third-order valence-corrected chi connectivity index (χ3v) is 5.05. The van der Waals surface area contributed by atoms with Crippen LogP contribution < -0.4 is 0 Å². The highest BCUT2D eigenvalue weighted by molar-refractivity contribution is 7.98. The fraction of sp³-hybridized carbons (Fsp3) is 0.471. The predicted octanol–water partition coefficient (Wildman–Crippen LogP) is 1.89. The normalized spacial score (nSPS) is 14.5. The number of hydrogen-bond donors (Lipinski definition) is 0. The molecule has 0 N–H and O–H groups in total. The van der Waals surface area contributed by atoms with Gasteiger partial charge in [-0.3, -0.25) is 19.7 Å². The number of esters is 2. The summed E-state index contributed by atoms with van der Waals surface area (Å²) in [5.41, 5.74) is -0.562. The fourth-order valence-electron chi connectivity index (χ4n) is 2.79. The molecule has 0 atom stereocenters. The molecule has 1 amide bonds. The Morgan fingerprint density at radius 2 is 1.96 bits per heavy atom. The van der Waals surface area contributed by atoms with E-state index in [1.54, 1.807) is 6.26 Å². The fourth-order valence-corrected chi connectivity index (χ4v) is 3.23. The van der Waals surface area contributed by atoms with Crippen molar-refractivity contribution in [2.24, 2.45) is 5.92 Å². The molecule has 146 valence electrons. The summed E-state index contributed by atoms with van der Waals surface area (Å²) in [4.78, 5) is 48.6. The van der Waals surface area contributed by atoms with E-state index in [0.29, 0.717) is 30.8 Å². The summed E-state index contributed by atoms with van der Waals surface area (Å²) in [6.45, 7) is 0.207. The molecule has 1 fully saturated rings. The number of hydrogen-bond acceptors (Lipinski definition) is 8. The van der Waals surface area contributed by atoms with E-state index >= 15 is 0 Å². The van der Waals surface area contributed by atoms with Crippen LogP contribution in [0, 0.1) is 16.0 Å². The first-order valence-electron chi connectivity index (χ1n) is 8.22. The van der Waals surface area contributed by atoms with E-state index in [2.05, 4.69) is 0 Å². The van der Waals surface area contributed by atoms with Crippen LogP contribution in [-0.2, 0) is 19.1 Å². The molecule has 0 bridgehead atoms. The minimum atomic E-state index is -0.921. The largest absolute Gasteiger partial charge is 0.469 e. The molecule has 1 aromatic carbocycles. The number of nitro benzene ring substituents is 1. The molecule has 10 heteroatoms. The Labute approximate surface area is 160 Å². The predicted molar refractivity (Wildman–Crippen MR) is 96.5 cm³/mol. The average molecular weight is 396 g/mol. The van der Waals surface area contributed by atoms with Gasteiger partial charge in [0, 0.05) is 24.1 Å². The van der Waals surface area contributed by atoms with Gasteiger partial charge in [0.25, 0.3) is 11.6 Å². The number of nitro groups is 1. The monoisotopic (exact) mass is 396 g/mol. The smallest absolute Gasteiger partial charge is 0.345 e. The first-order chi connectivity index (χ1) is 12.9. The molecular weight excluding hydrogens is 376 g/mol. The summed E-state index contributed by atoms with van der Waals surface area (Å²) >= 11 is 1.33. The van der Waals surface area contributed by atoms with Crippen molar-refractivity contribution in [3.8, 4) is 0 Å². The molecule has 2 rings (SSSR count). The number of carbonyl (C=O) groups excluding carboxylic acids is 3. The van der Waals surface area contributed by atoms with Crippen LogP contribution in [0.5, 0.6) is 0 Å². The number of likely N-dealkylation sites (tertiary alicyclic amines) is 1. The zero-order chi connectivity index (χ0) is 20.0. The second kappa shape index (κ2) is 9.36. The van der Waals surface area contributed by atoms with Crippen LogP contribution in [0.15, 0.2) is 23.1 Å². The van der Waals surface area contributed by atoms with Gasteiger partial charge in [-0.2, -0.15) is 0 Å². The van der Waals surface area contributed by atoms with E-state index in [9.17, 15) is 24.5 Å². The summed E-state index contributed by atoms with van der Waals surface area (Å²) in [5.74, 6) is -1.86. The molecule has 1 aromatic rings. The Hall–Kier alpha value is -2.62. The SMILES string of the molecule is COC(=O)C1CCN(C(=O)COC(=O)c2cc(SC)ccc2[N+](=O)[O-])CC1. The standard InChI is InChI=1S/C17H20N2O7S/c1-25-16(21)11-5-7-18(8-6-11)15(20)10-26-17(22)13-9-12(27-2)3-4-14(13)19(23)24/h3-4,9,11H,5-8,10H2,1-2H3. The minimum Gasteiger partial charge on any atom is -0.469 e. The van der Waals surface area contributed by atoms with Crippen LogP contribution in [-0.4, -0.2) is 60.7 Å². The topological polar surface area (TPSA) is 116 Å². The Kier molecular flexibility index (Phi) is 7.17. The molecule has 0 saturated carbocycles. The van der Waals surface area contributed by atoms with E-state index in [1.807, 2.05) is 0 Å². The first kappa shape index (κ1) is 20.7. The van der Waals surface area contributed by atoms with Gasteiger partial charge < -0.3 is 14.4 Å². The van der Waals surface area contributed by atoms with Crippen LogP contribution in [0.25, 0.3) is 0 Å². The summed E-state index contributed by atoms with van der Waals surface area (Å²) in [7, 11) is 1.32. The molecule has 1 saturated heterocycles. The highest BCUT2D eigenvalue weighted by Gasteiger charge is 2.29. The maximum absolute atomic E-state index is 12.2. The molecular formula is C17H20N2O7S. The van der Waals surface area contributed by atoms with E-state index in [-0.39, 0.29) is 23.1 Å². The number of benzene rings is 1. The number of piperidine rings is 1. The summed E-state index contributed by atoms with van der Waals surface area (Å²) in [6, 6.07) is 4.15. The Bertz CT molecular complexity index is 745. The van der Waals surface area contributed by atoms with Crippen molar-refractivity contribution in [1.82, 2.24) is 4.90 Å². The molecule has 1 heterocycles. The van der Waals surface area contributed by atoms with Gasteiger partial charge >= 0.3 is 11.9 Å². The Balaban J connectivity index is 1.95. The van der Waals surface area contributed by atoms with Crippen LogP contribution >= 0.6 is 11.8 Å². The van der Waals surface area contributed by atoms with Gasteiger partial charge in [-0.15, -0.1) is 11.8 Å². The van der Waals surface area contributed by atoms with Crippen molar-refractivity contribution < 1.29 is 28.8 Å². The van der Waals surface area contributed by atoms with E-state index < -0.39 is 23.4 Å². The van der Waals surface area contributed by atoms with Crippen molar-refractivity contribution in [1.29, 1.82) is 0 Å². The van der Waals surface area contributed by atoms with Gasteiger partial charge in [-0.05, 0) is 31.2 Å². The number of thioether (sulfide) groups is 1. The lowest BCUT2D eigenvalue weighted by Gasteiger charge is -2.30. The highest BCUT2D eigenvalue weighted by atomic mass is 32.2. The van der Waals surface area contributed by atoms with E-state index in [4.69, 9.17) is 9.47 Å². The summed E-state index contributed by atoms with van der Waals surface area (Å²) < 4.78 is 9.69. The molecule has 0 spiro atoms. The number of carbonyl (C=O) groups is 3. The number of rotatable bonds is 6. The zero-order valence-corrected chi connectivity index (χ0v) is 15.8. The van der Waals surface area contributed by atoms with Crippen molar-refractivity contribution >= 4 is 35.3 Å². The minimum absolute atomic E-state index is 0.191. The summed E-state index contributed by atoms with van der Waals surface area (Å²) in [6.07, 6.45) is 2.74. The van der Waals surface area contributed by atoms with Gasteiger partial charge in [-0.25, -0.2) is 4.79 Å². The quantitative estimate of drug-likeness (QED) is 0.310. The number of ether oxygens (including phenoxy) is 2. The van der Waals surface area contributed by atoms with Gasteiger partial charge in [0.05, 0.1) is 18.0 Å². The lowest BCUT2D eigenvalue weighted by molar-refractivity contribution is -0.385. The van der Waals surface area contributed by atoms with Gasteiger partial charge in [-0.1, -0.05) is 0 Å². The lowest BCUT2D eigenvalue weighted by atomic mass is 9.97. The molecule has 1 aliphatic rings. The van der Waals surface area contributed by atoms with Crippen LogP contribution in [0.2, 0.25) is 0 Å². The van der Waals surface area contributed by atoms with Crippen molar-refractivity contribution in [2.75, 3.05) is 33.1 Å². The van der Waals surface area contributed by atoms with Gasteiger partial charge in [0.15, 0.2) is 6.61 Å².